The minimum absolute atomic E-state index is 0.285. The molecular weight excluding hydrogens is 301 g/mol. The highest BCUT2D eigenvalue weighted by atomic mass is 19.2. The topological polar surface area (TPSA) is 87.7 Å². The molecule has 0 aliphatic heterocycles. The van der Waals surface area contributed by atoms with Gasteiger partial charge in [0.25, 0.3) is 5.91 Å². The van der Waals surface area contributed by atoms with E-state index in [1.807, 2.05) is 5.32 Å². The summed E-state index contributed by atoms with van der Waals surface area (Å²) in [6.45, 7) is 1.06. The van der Waals surface area contributed by atoms with Gasteiger partial charge in [0.05, 0.1) is 0 Å². The van der Waals surface area contributed by atoms with E-state index in [2.05, 4.69) is 5.16 Å². The van der Waals surface area contributed by atoms with E-state index < -0.39 is 46.5 Å². The first kappa shape index (κ1) is 16.7. The average Bonchev–Trinajstić information content (AvgIpc) is 2.47. The maximum Gasteiger partial charge on any atom is 0.257 e. The normalized spacial score (nSPS) is 13.1. The summed E-state index contributed by atoms with van der Waals surface area (Å²) in [4.78, 5) is 11.5. The maximum absolute atomic E-state index is 13.3. The maximum atomic E-state index is 13.3. The molecule has 0 saturated heterocycles. The number of rotatable bonds is 4. The van der Waals surface area contributed by atoms with Crippen LogP contribution in [0.2, 0.25) is 0 Å². The minimum Gasteiger partial charge on any atom is -0.409 e. The van der Waals surface area contributed by atoms with Gasteiger partial charge in [-0.25, -0.2) is 22.0 Å². The molecule has 21 heavy (non-hydrogen) atoms. The largest absolute Gasteiger partial charge is 0.409 e. The van der Waals surface area contributed by atoms with E-state index in [9.17, 15) is 26.7 Å². The summed E-state index contributed by atoms with van der Waals surface area (Å²) < 4.78 is 65.3. The van der Waals surface area contributed by atoms with Gasteiger partial charge < -0.3 is 16.3 Å². The second-order valence-electron chi connectivity index (χ2n) is 4.08. The molecule has 0 saturated carbocycles. The van der Waals surface area contributed by atoms with Crippen LogP contribution in [0.1, 0.15) is 17.3 Å². The molecule has 0 aliphatic rings. The number of hydrogen-bond donors (Lipinski definition) is 3. The van der Waals surface area contributed by atoms with E-state index in [0.29, 0.717) is 0 Å². The van der Waals surface area contributed by atoms with Gasteiger partial charge in [-0.05, 0) is 0 Å². The van der Waals surface area contributed by atoms with Crippen molar-refractivity contribution >= 4 is 11.7 Å². The van der Waals surface area contributed by atoms with Gasteiger partial charge in [-0.2, -0.15) is 0 Å². The van der Waals surface area contributed by atoms with Gasteiger partial charge in [-0.15, -0.1) is 0 Å². The fraction of sp³-hybridized carbons (Fsp3) is 0.273. The Labute approximate surface area is 115 Å². The Balaban J connectivity index is 3.04. The minimum atomic E-state index is -2.36. The summed E-state index contributed by atoms with van der Waals surface area (Å²) >= 11 is 0. The predicted octanol–water partition coefficient (Wildman–Crippen LogP) is 1.49. The molecule has 1 aromatic rings. The molecule has 1 aromatic carbocycles. The van der Waals surface area contributed by atoms with Crippen molar-refractivity contribution in [1.82, 2.24) is 5.32 Å². The lowest BCUT2D eigenvalue weighted by Crippen LogP contribution is -2.35. The second-order valence-corrected chi connectivity index (χ2v) is 4.08. The fourth-order valence-electron chi connectivity index (χ4n) is 1.34. The second kappa shape index (κ2) is 6.37. The van der Waals surface area contributed by atoms with Crippen molar-refractivity contribution in [3.63, 3.8) is 0 Å². The lowest BCUT2D eigenvalue weighted by molar-refractivity contribution is 0.0939. The Morgan fingerprint density at radius 1 is 1.14 bits per heavy atom. The predicted molar refractivity (Wildman–Crippen MR) is 61.1 cm³/mol. The molecule has 1 unspecified atom stereocenters. The number of benzene rings is 1. The summed E-state index contributed by atoms with van der Waals surface area (Å²) in [6.07, 6.45) is 0. The number of nitrogens with zero attached hydrogens (tertiary/aromatic N) is 1. The Morgan fingerprint density at radius 3 is 2.00 bits per heavy atom. The number of nitrogens with one attached hydrogen (secondary N) is 1. The van der Waals surface area contributed by atoms with Crippen LogP contribution in [-0.2, 0) is 0 Å². The van der Waals surface area contributed by atoms with E-state index in [4.69, 9.17) is 10.9 Å². The fourth-order valence-corrected chi connectivity index (χ4v) is 1.34. The van der Waals surface area contributed by atoms with Gasteiger partial charge in [0.15, 0.2) is 23.3 Å². The number of amides is 1. The number of nitrogens with two attached hydrogens (primary N) is 1. The molecule has 0 aliphatic carbocycles. The van der Waals surface area contributed by atoms with Crippen LogP contribution in [0.5, 0.6) is 0 Å². The molecule has 1 rings (SSSR count). The summed E-state index contributed by atoms with van der Waals surface area (Å²) in [5.41, 5.74) is 3.60. The Kier molecular flexibility index (Phi) is 5.06. The molecular formula is C11H10F5N3O2. The van der Waals surface area contributed by atoms with Crippen LogP contribution in [0.25, 0.3) is 0 Å². The zero-order valence-electron chi connectivity index (χ0n) is 10.6. The molecule has 5 nitrogen and oxygen atoms in total. The third-order valence-electron chi connectivity index (χ3n) is 2.63. The third kappa shape index (κ3) is 3.20. The van der Waals surface area contributed by atoms with E-state index in [1.54, 1.807) is 0 Å². The molecule has 1 atom stereocenters. The Bertz CT molecular complexity index is 577. The van der Waals surface area contributed by atoms with E-state index in [1.165, 1.54) is 6.92 Å². The summed E-state index contributed by atoms with van der Waals surface area (Å²) in [6, 6.07) is 0. The zero-order valence-corrected chi connectivity index (χ0v) is 10.6. The highest BCUT2D eigenvalue weighted by molar-refractivity contribution is 5.95. The highest BCUT2D eigenvalue weighted by Crippen LogP contribution is 2.22. The number of carbonyl (C=O) groups is 1. The first-order valence-corrected chi connectivity index (χ1v) is 5.49. The first-order valence-electron chi connectivity index (χ1n) is 5.49. The van der Waals surface area contributed by atoms with Crippen LogP contribution in [0.15, 0.2) is 5.16 Å². The van der Waals surface area contributed by atoms with Crippen LogP contribution >= 0.6 is 0 Å². The average molecular weight is 311 g/mol. The van der Waals surface area contributed by atoms with Crippen molar-refractivity contribution in [1.29, 1.82) is 0 Å². The van der Waals surface area contributed by atoms with Crippen molar-refractivity contribution in [2.75, 3.05) is 6.54 Å². The molecule has 1 amide bonds. The van der Waals surface area contributed by atoms with Crippen molar-refractivity contribution in [3.05, 3.63) is 34.6 Å². The van der Waals surface area contributed by atoms with Crippen LogP contribution in [-0.4, -0.2) is 23.5 Å². The van der Waals surface area contributed by atoms with Crippen molar-refractivity contribution < 1.29 is 32.0 Å². The molecule has 116 valence electrons. The quantitative estimate of drug-likeness (QED) is 0.150. The van der Waals surface area contributed by atoms with Gasteiger partial charge in [0.1, 0.15) is 11.4 Å². The van der Waals surface area contributed by atoms with Crippen molar-refractivity contribution in [3.8, 4) is 0 Å². The first-order chi connectivity index (χ1) is 9.72. The van der Waals surface area contributed by atoms with Crippen molar-refractivity contribution in [2.45, 2.75) is 6.92 Å². The number of halogens is 5. The summed E-state index contributed by atoms with van der Waals surface area (Å²) in [5.74, 6) is -13.8. The van der Waals surface area contributed by atoms with Crippen LogP contribution in [0, 0.1) is 35.0 Å². The molecule has 0 radical (unpaired) electrons. The third-order valence-corrected chi connectivity index (χ3v) is 2.63. The van der Waals surface area contributed by atoms with Crippen LogP contribution in [0.3, 0.4) is 0 Å². The number of oxime groups is 1. The van der Waals surface area contributed by atoms with E-state index in [0.717, 1.165) is 0 Å². The lowest BCUT2D eigenvalue weighted by atomic mass is 10.1. The molecule has 4 N–H and O–H groups in total. The SMILES string of the molecule is CC(CNC(=O)c1c(F)c(F)c(F)c(F)c1F)C(N)=NO. The molecule has 10 heteroatoms. The molecule has 0 spiro atoms. The number of carbonyl (C=O) groups excluding carboxylic acids is 1. The smallest absolute Gasteiger partial charge is 0.257 e. The number of hydrogen-bond acceptors (Lipinski definition) is 3. The zero-order chi connectivity index (χ0) is 16.3. The molecule has 0 bridgehead atoms. The monoisotopic (exact) mass is 311 g/mol. The van der Waals surface area contributed by atoms with Gasteiger partial charge >= 0.3 is 0 Å². The van der Waals surface area contributed by atoms with Gasteiger partial charge in [0.2, 0.25) is 5.82 Å². The Morgan fingerprint density at radius 2 is 1.57 bits per heavy atom. The van der Waals surface area contributed by atoms with Gasteiger partial charge in [-0.1, -0.05) is 12.1 Å². The van der Waals surface area contributed by atoms with Crippen LogP contribution < -0.4 is 11.1 Å². The van der Waals surface area contributed by atoms with E-state index in [-0.39, 0.29) is 12.4 Å². The highest BCUT2D eigenvalue weighted by Gasteiger charge is 2.29. The molecule has 0 fully saturated rings. The van der Waals surface area contributed by atoms with Crippen molar-refractivity contribution in [2.24, 2.45) is 16.8 Å². The standard InChI is InChI=1S/C11H10F5N3O2/c1-3(10(17)19-21)2-18-11(20)4-5(12)7(14)9(16)8(15)6(4)13/h3,21H,2H2,1H3,(H2,17,19)(H,18,20). The summed E-state index contributed by atoms with van der Waals surface area (Å²) in [5, 5.41) is 12.9. The molecule has 0 heterocycles. The Hall–Kier alpha value is -2.39. The van der Waals surface area contributed by atoms with Gasteiger partial charge in [0, 0.05) is 12.5 Å². The van der Waals surface area contributed by atoms with Gasteiger partial charge in [-0.3, -0.25) is 4.79 Å². The lowest BCUT2D eigenvalue weighted by Gasteiger charge is -2.12. The molecule has 0 aromatic heterocycles. The van der Waals surface area contributed by atoms with E-state index >= 15 is 0 Å². The summed E-state index contributed by atoms with van der Waals surface area (Å²) in [7, 11) is 0. The van der Waals surface area contributed by atoms with Crippen LogP contribution in [0.4, 0.5) is 22.0 Å². The number of amidine groups is 1.